The SMILES string of the molecule is CCOc1ccc(-c2n[nH]c(=S)n2CCC(=O)N2CC=C(c3c[nH]c4cc(F)ccc34)CC2)cc1. The quantitative estimate of drug-likeness (QED) is 0.343. The van der Waals surface area contributed by atoms with Gasteiger partial charge < -0.3 is 14.6 Å². The van der Waals surface area contributed by atoms with E-state index in [9.17, 15) is 9.18 Å². The number of hydrogen-bond acceptors (Lipinski definition) is 4. The van der Waals surface area contributed by atoms with Crippen LogP contribution in [0.25, 0.3) is 27.9 Å². The lowest BCUT2D eigenvalue weighted by atomic mass is 9.98. The first kappa shape index (κ1) is 23.0. The van der Waals surface area contributed by atoms with Gasteiger partial charge in [-0.2, -0.15) is 5.10 Å². The maximum atomic E-state index is 13.5. The minimum atomic E-state index is -0.260. The van der Waals surface area contributed by atoms with Crippen LogP contribution in [0.2, 0.25) is 0 Å². The highest BCUT2D eigenvalue weighted by molar-refractivity contribution is 7.71. The first-order valence-corrected chi connectivity index (χ1v) is 12.1. The van der Waals surface area contributed by atoms with Crippen LogP contribution in [0.4, 0.5) is 4.39 Å². The van der Waals surface area contributed by atoms with Gasteiger partial charge in [-0.1, -0.05) is 6.08 Å². The molecule has 1 aliphatic rings. The molecule has 0 spiro atoms. The van der Waals surface area contributed by atoms with Crippen molar-refractivity contribution in [2.24, 2.45) is 0 Å². The van der Waals surface area contributed by atoms with Gasteiger partial charge >= 0.3 is 0 Å². The molecule has 2 aromatic carbocycles. The minimum absolute atomic E-state index is 0.0713. The van der Waals surface area contributed by atoms with Crippen LogP contribution in [0.1, 0.15) is 25.3 Å². The van der Waals surface area contributed by atoms with Gasteiger partial charge in [-0.05, 0) is 73.6 Å². The molecular weight excluding hydrogens is 465 g/mol. The lowest BCUT2D eigenvalue weighted by Crippen LogP contribution is -2.35. The summed E-state index contributed by atoms with van der Waals surface area (Å²) in [5.74, 6) is 1.30. The van der Waals surface area contributed by atoms with E-state index in [1.54, 1.807) is 6.07 Å². The average molecular weight is 492 g/mol. The van der Waals surface area contributed by atoms with E-state index in [-0.39, 0.29) is 11.7 Å². The smallest absolute Gasteiger partial charge is 0.224 e. The maximum Gasteiger partial charge on any atom is 0.224 e. The van der Waals surface area contributed by atoms with Gasteiger partial charge in [-0.15, -0.1) is 0 Å². The predicted molar refractivity (Wildman–Crippen MR) is 136 cm³/mol. The van der Waals surface area contributed by atoms with Crippen molar-refractivity contribution < 1.29 is 13.9 Å². The molecule has 0 fully saturated rings. The fraction of sp³-hybridized carbons (Fsp3) is 0.269. The Kier molecular flexibility index (Phi) is 6.50. The van der Waals surface area contributed by atoms with E-state index in [2.05, 4.69) is 21.3 Å². The predicted octanol–water partition coefficient (Wildman–Crippen LogP) is 5.33. The Hall–Kier alpha value is -3.72. The zero-order chi connectivity index (χ0) is 24.4. The van der Waals surface area contributed by atoms with Gasteiger partial charge in [0.15, 0.2) is 10.6 Å². The van der Waals surface area contributed by atoms with Crippen molar-refractivity contribution in [2.45, 2.75) is 26.3 Å². The molecule has 0 radical (unpaired) electrons. The first-order valence-electron chi connectivity index (χ1n) is 11.7. The van der Waals surface area contributed by atoms with Crippen LogP contribution >= 0.6 is 12.2 Å². The number of nitrogens with one attached hydrogen (secondary N) is 2. The fourth-order valence-corrected chi connectivity index (χ4v) is 4.71. The van der Waals surface area contributed by atoms with E-state index in [0.29, 0.717) is 43.3 Å². The molecule has 0 atom stereocenters. The van der Waals surface area contributed by atoms with E-state index in [1.807, 2.05) is 46.9 Å². The highest BCUT2D eigenvalue weighted by Gasteiger charge is 2.20. The molecule has 3 heterocycles. The third kappa shape index (κ3) is 4.77. The Bertz CT molecular complexity index is 1450. The van der Waals surface area contributed by atoms with Gasteiger partial charge in [-0.25, -0.2) is 4.39 Å². The van der Waals surface area contributed by atoms with Crippen molar-refractivity contribution >= 4 is 34.6 Å². The van der Waals surface area contributed by atoms with E-state index in [0.717, 1.165) is 34.2 Å². The molecule has 0 saturated carbocycles. The molecular formula is C26H26FN5O2S. The zero-order valence-electron chi connectivity index (χ0n) is 19.4. The highest BCUT2D eigenvalue weighted by atomic mass is 32.1. The number of aromatic nitrogens is 4. The van der Waals surface area contributed by atoms with Crippen molar-refractivity contribution in [1.29, 1.82) is 0 Å². The average Bonchev–Trinajstić information content (AvgIpc) is 3.46. The van der Waals surface area contributed by atoms with Crippen LogP contribution in [-0.4, -0.2) is 50.3 Å². The highest BCUT2D eigenvalue weighted by Crippen LogP contribution is 2.30. The first-order chi connectivity index (χ1) is 17.0. The van der Waals surface area contributed by atoms with Crippen LogP contribution < -0.4 is 4.74 Å². The zero-order valence-corrected chi connectivity index (χ0v) is 20.2. The topological polar surface area (TPSA) is 78.9 Å². The molecule has 1 amide bonds. The second kappa shape index (κ2) is 9.87. The molecule has 0 saturated heterocycles. The molecule has 1 aliphatic heterocycles. The van der Waals surface area contributed by atoms with Crippen molar-refractivity contribution in [3.8, 4) is 17.1 Å². The number of halogens is 1. The number of carbonyl (C=O) groups excluding carboxylic acids is 1. The summed E-state index contributed by atoms with van der Waals surface area (Å²) in [5.41, 5.74) is 3.91. The molecule has 7 nitrogen and oxygen atoms in total. The summed E-state index contributed by atoms with van der Waals surface area (Å²) < 4.78 is 21.3. The number of amides is 1. The monoisotopic (exact) mass is 491 g/mol. The number of ether oxygens (including phenoxy) is 1. The number of carbonyl (C=O) groups is 1. The molecule has 2 N–H and O–H groups in total. The van der Waals surface area contributed by atoms with E-state index in [4.69, 9.17) is 17.0 Å². The Labute approximate surface area is 207 Å². The summed E-state index contributed by atoms with van der Waals surface area (Å²) in [4.78, 5) is 18.0. The largest absolute Gasteiger partial charge is 0.494 e. The Morgan fingerprint density at radius 2 is 2.06 bits per heavy atom. The Morgan fingerprint density at radius 3 is 2.80 bits per heavy atom. The minimum Gasteiger partial charge on any atom is -0.494 e. The van der Waals surface area contributed by atoms with E-state index in [1.165, 1.54) is 17.7 Å². The number of H-pyrrole nitrogens is 2. The van der Waals surface area contributed by atoms with Gasteiger partial charge in [0.05, 0.1) is 6.61 Å². The molecule has 9 heteroatoms. The maximum absolute atomic E-state index is 13.5. The number of rotatable bonds is 7. The summed E-state index contributed by atoms with van der Waals surface area (Å²) >= 11 is 5.42. The van der Waals surface area contributed by atoms with Crippen LogP contribution in [-0.2, 0) is 11.3 Å². The molecule has 5 rings (SSSR count). The summed E-state index contributed by atoms with van der Waals surface area (Å²) in [5, 5.41) is 8.20. The van der Waals surface area contributed by atoms with E-state index < -0.39 is 0 Å². The molecule has 2 aromatic heterocycles. The number of benzene rings is 2. The van der Waals surface area contributed by atoms with Gasteiger partial charge in [0, 0.05) is 54.3 Å². The van der Waals surface area contributed by atoms with Gasteiger partial charge in [0.2, 0.25) is 5.91 Å². The van der Waals surface area contributed by atoms with E-state index >= 15 is 0 Å². The third-order valence-electron chi connectivity index (χ3n) is 6.28. The Balaban J connectivity index is 1.24. The molecule has 0 unspecified atom stereocenters. The summed E-state index contributed by atoms with van der Waals surface area (Å²) in [7, 11) is 0. The standard InChI is InChI=1S/C26H26FN5O2S/c1-2-34-20-6-3-18(4-7-20)25-29-30-26(35)32(25)14-11-24(33)31-12-9-17(10-13-31)22-16-28-23-15-19(27)5-8-21(22)23/h3-9,15-16,28H,2,10-14H2,1H3,(H,30,35). The van der Waals surface area contributed by atoms with Crippen molar-refractivity contribution in [3.05, 3.63) is 70.9 Å². The second-order valence-electron chi connectivity index (χ2n) is 8.42. The summed E-state index contributed by atoms with van der Waals surface area (Å²) in [6, 6.07) is 12.4. The van der Waals surface area contributed by atoms with Gasteiger partial charge in [-0.3, -0.25) is 14.5 Å². The molecule has 0 aliphatic carbocycles. The second-order valence-corrected chi connectivity index (χ2v) is 8.81. The third-order valence-corrected chi connectivity index (χ3v) is 6.59. The van der Waals surface area contributed by atoms with Crippen LogP contribution in [0, 0.1) is 10.6 Å². The van der Waals surface area contributed by atoms with Crippen LogP contribution in [0.15, 0.2) is 54.7 Å². The van der Waals surface area contributed by atoms with Crippen molar-refractivity contribution in [1.82, 2.24) is 24.6 Å². The van der Waals surface area contributed by atoms with Crippen molar-refractivity contribution in [3.63, 3.8) is 0 Å². The molecule has 4 aromatic rings. The molecule has 0 bridgehead atoms. The van der Waals surface area contributed by atoms with Crippen LogP contribution in [0.5, 0.6) is 5.75 Å². The summed E-state index contributed by atoms with van der Waals surface area (Å²) in [6.45, 7) is 4.18. The van der Waals surface area contributed by atoms with Gasteiger partial charge in [0.1, 0.15) is 11.6 Å². The normalized spacial score (nSPS) is 13.8. The number of hydrogen-bond donors (Lipinski definition) is 2. The molecule has 35 heavy (non-hydrogen) atoms. The summed E-state index contributed by atoms with van der Waals surface area (Å²) in [6.07, 6.45) is 5.07. The number of fused-ring (bicyclic) bond motifs is 1. The number of aromatic amines is 2. The van der Waals surface area contributed by atoms with Crippen LogP contribution in [0.3, 0.4) is 0 Å². The lowest BCUT2D eigenvalue weighted by molar-refractivity contribution is -0.131. The van der Waals surface area contributed by atoms with Gasteiger partial charge in [0.25, 0.3) is 0 Å². The Morgan fingerprint density at radius 1 is 1.23 bits per heavy atom. The lowest BCUT2D eigenvalue weighted by Gasteiger charge is -2.26. The molecule has 180 valence electrons. The fourth-order valence-electron chi connectivity index (χ4n) is 4.48. The van der Waals surface area contributed by atoms with Crippen molar-refractivity contribution in [2.75, 3.05) is 19.7 Å². The number of nitrogens with zero attached hydrogens (tertiary/aromatic N) is 3.